The number of ether oxygens (including phenoxy) is 1. The number of aromatic nitrogens is 3. The molecule has 0 spiro atoms. The summed E-state index contributed by atoms with van der Waals surface area (Å²) in [6.45, 7) is 3.45. The molecule has 1 unspecified atom stereocenters. The molecule has 3 heterocycles. The Morgan fingerprint density at radius 1 is 1.23 bits per heavy atom. The fourth-order valence-electron chi connectivity index (χ4n) is 3.81. The standard InChI is InChI=1S/C23H25N5O2/c1-15-9-22(24-13-20(15)17-11-25-26-12-17)28-8-7-21(23(28)29)27-18-3-2-4-19(10-18)30-14-16-5-6-16/h2-4,9-13,16,21,27H,5-8,14H2,1H3,(H,25,26). The number of aromatic amines is 1. The molecule has 1 aliphatic heterocycles. The van der Waals surface area contributed by atoms with Gasteiger partial charge in [-0.25, -0.2) is 4.98 Å². The topological polar surface area (TPSA) is 83.1 Å². The van der Waals surface area contributed by atoms with Gasteiger partial charge in [-0.2, -0.15) is 5.10 Å². The maximum Gasteiger partial charge on any atom is 0.250 e. The van der Waals surface area contributed by atoms with Crippen LogP contribution in [0, 0.1) is 12.8 Å². The monoisotopic (exact) mass is 403 g/mol. The molecule has 1 aromatic carbocycles. The number of carbonyl (C=O) groups is 1. The first kappa shape index (κ1) is 18.7. The average molecular weight is 403 g/mol. The van der Waals surface area contributed by atoms with E-state index in [-0.39, 0.29) is 11.9 Å². The Labute approximate surface area is 175 Å². The molecular weight excluding hydrogens is 378 g/mol. The van der Waals surface area contributed by atoms with E-state index in [1.807, 2.05) is 49.6 Å². The lowest BCUT2D eigenvalue weighted by Gasteiger charge is -2.18. The van der Waals surface area contributed by atoms with Crippen LogP contribution in [0.5, 0.6) is 5.75 Å². The molecule has 154 valence electrons. The van der Waals surface area contributed by atoms with E-state index in [9.17, 15) is 4.79 Å². The van der Waals surface area contributed by atoms with Crippen LogP contribution in [0.3, 0.4) is 0 Å². The van der Waals surface area contributed by atoms with Gasteiger partial charge in [0.15, 0.2) is 0 Å². The molecular formula is C23H25N5O2. The Morgan fingerprint density at radius 3 is 2.90 bits per heavy atom. The Morgan fingerprint density at radius 2 is 2.13 bits per heavy atom. The number of rotatable bonds is 7. The first-order chi connectivity index (χ1) is 14.7. The second-order valence-electron chi connectivity index (χ2n) is 8.10. The number of aryl methyl sites for hydroxylation is 1. The van der Waals surface area contributed by atoms with Crippen molar-refractivity contribution in [2.75, 3.05) is 23.4 Å². The van der Waals surface area contributed by atoms with Crippen molar-refractivity contribution in [2.45, 2.75) is 32.2 Å². The summed E-state index contributed by atoms with van der Waals surface area (Å²) in [6.07, 6.45) is 8.68. The second kappa shape index (κ2) is 7.82. The van der Waals surface area contributed by atoms with E-state index in [1.165, 1.54) is 12.8 Å². The zero-order valence-electron chi connectivity index (χ0n) is 17.0. The van der Waals surface area contributed by atoms with Crippen LogP contribution < -0.4 is 15.0 Å². The summed E-state index contributed by atoms with van der Waals surface area (Å²) in [5.74, 6) is 2.29. The number of pyridine rings is 1. The van der Waals surface area contributed by atoms with E-state index < -0.39 is 0 Å². The number of nitrogens with one attached hydrogen (secondary N) is 2. The Kier molecular flexibility index (Phi) is 4.86. The van der Waals surface area contributed by atoms with E-state index >= 15 is 0 Å². The van der Waals surface area contributed by atoms with Crippen molar-refractivity contribution in [3.05, 3.63) is 54.5 Å². The summed E-state index contributed by atoms with van der Waals surface area (Å²) in [7, 11) is 0. The molecule has 2 N–H and O–H groups in total. The highest BCUT2D eigenvalue weighted by atomic mass is 16.5. The smallest absolute Gasteiger partial charge is 0.250 e. The molecule has 30 heavy (non-hydrogen) atoms. The summed E-state index contributed by atoms with van der Waals surface area (Å²) in [4.78, 5) is 19.3. The van der Waals surface area contributed by atoms with Crippen molar-refractivity contribution in [1.29, 1.82) is 0 Å². The van der Waals surface area contributed by atoms with Crippen LogP contribution in [0.15, 0.2) is 48.9 Å². The normalized spacial score (nSPS) is 18.6. The van der Waals surface area contributed by atoms with E-state index in [1.54, 1.807) is 11.1 Å². The van der Waals surface area contributed by atoms with Gasteiger partial charge in [-0.3, -0.25) is 14.8 Å². The maximum absolute atomic E-state index is 13.0. The third-order valence-corrected chi connectivity index (χ3v) is 5.75. The van der Waals surface area contributed by atoms with E-state index in [0.717, 1.165) is 41.2 Å². The maximum atomic E-state index is 13.0. The van der Waals surface area contributed by atoms with Gasteiger partial charge in [0.25, 0.3) is 5.91 Å². The number of amides is 1. The molecule has 3 aromatic rings. The Balaban J connectivity index is 1.26. The lowest BCUT2D eigenvalue weighted by molar-refractivity contribution is -0.117. The summed E-state index contributed by atoms with van der Waals surface area (Å²) in [5, 5.41) is 10.2. The summed E-state index contributed by atoms with van der Waals surface area (Å²) in [5.41, 5.74) is 3.97. The van der Waals surface area contributed by atoms with E-state index in [0.29, 0.717) is 18.3 Å². The van der Waals surface area contributed by atoms with Crippen LogP contribution in [-0.2, 0) is 4.79 Å². The van der Waals surface area contributed by atoms with Crippen molar-refractivity contribution in [3.63, 3.8) is 0 Å². The van der Waals surface area contributed by atoms with Crippen molar-refractivity contribution in [1.82, 2.24) is 15.2 Å². The molecule has 0 radical (unpaired) electrons. The molecule has 7 heteroatoms. The molecule has 1 saturated heterocycles. The van der Waals surface area contributed by atoms with Crippen molar-refractivity contribution < 1.29 is 9.53 Å². The molecule has 7 nitrogen and oxygen atoms in total. The zero-order chi connectivity index (χ0) is 20.5. The second-order valence-corrected chi connectivity index (χ2v) is 8.10. The third-order valence-electron chi connectivity index (χ3n) is 5.75. The van der Waals surface area contributed by atoms with Crippen molar-refractivity contribution in [2.24, 2.45) is 5.92 Å². The molecule has 1 aliphatic carbocycles. The highest BCUT2D eigenvalue weighted by Crippen LogP contribution is 2.31. The molecule has 1 saturated carbocycles. The lowest BCUT2D eigenvalue weighted by Crippen LogP contribution is -2.34. The van der Waals surface area contributed by atoms with Crippen LogP contribution in [0.4, 0.5) is 11.5 Å². The van der Waals surface area contributed by atoms with Gasteiger partial charge in [0.2, 0.25) is 0 Å². The van der Waals surface area contributed by atoms with Crippen LogP contribution in [0.1, 0.15) is 24.8 Å². The highest BCUT2D eigenvalue weighted by Gasteiger charge is 2.33. The molecule has 1 atom stereocenters. The van der Waals surface area contributed by atoms with Crippen molar-refractivity contribution >= 4 is 17.4 Å². The first-order valence-electron chi connectivity index (χ1n) is 10.4. The van der Waals surface area contributed by atoms with Gasteiger partial charge in [0.05, 0.1) is 12.8 Å². The lowest BCUT2D eigenvalue weighted by atomic mass is 10.1. The highest BCUT2D eigenvalue weighted by molar-refractivity contribution is 6.00. The van der Waals surface area contributed by atoms with Crippen molar-refractivity contribution in [3.8, 4) is 16.9 Å². The van der Waals surface area contributed by atoms with Gasteiger partial charge in [0.1, 0.15) is 17.6 Å². The summed E-state index contributed by atoms with van der Waals surface area (Å²) in [6, 6.07) is 9.57. The summed E-state index contributed by atoms with van der Waals surface area (Å²) >= 11 is 0. The average Bonchev–Trinajstić information content (AvgIpc) is 3.29. The minimum absolute atomic E-state index is 0.0438. The number of nitrogens with zero attached hydrogens (tertiary/aromatic N) is 3. The van der Waals surface area contributed by atoms with Gasteiger partial charge in [0, 0.05) is 41.8 Å². The SMILES string of the molecule is Cc1cc(N2CCC(Nc3cccc(OCC4CC4)c3)C2=O)ncc1-c1cn[nH]c1. The van der Waals surface area contributed by atoms with Gasteiger partial charge < -0.3 is 10.1 Å². The van der Waals surface area contributed by atoms with Crippen LogP contribution in [-0.4, -0.2) is 40.3 Å². The molecule has 5 rings (SSSR count). The third kappa shape index (κ3) is 3.87. The van der Waals surface area contributed by atoms with E-state index in [4.69, 9.17) is 4.74 Å². The molecule has 0 bridgehead atoms. The first-order valence-corrected chi connectivity index (χ1v) is 10.4. The van der Waals surface area contributed by atoms with Gasteiger partial charge in [-0.1, -0.05) is 6.07 Å². The quantitative estimate of drug-likeness (QED) is 0.627. The van der Waals surface area contributed by atoms with Crippen LogP contribution in [0.2, 0.25) is 0 Å². The molecule has 2 aliphatic rings. The zero-order valence-corrected chi connectivity index (χ0v) is 17.0. The fraction of sp³-hybridized carbons (Fsp3) is 0.348. The van der Waals surface area contributed by atoms with Gasteiger partial charge >= 0.3 is 0 Å². The molecule has 2 aromatic heterocycles. The van der Waals surface area contributed by atoms with Crippen LogP contribution in [0.25, 0.3) is 11.1 Å². The number of hydrogen-bond acceptors (Lipinski definition) is 5. The Bertz CT molecular complexity index is 1050. The minimum atomic E-state index is -0.265. The molecule has 2 fully saturated rings. The fourth-order valence-corrected chi connectivity index (χ4v) is 3.81. The Hall–Kier alpha value is -3.35. The van der Waals surface area contributed by atoms with Crippen LogP contribution >= 0.6 is 0 Å². The largest absolute Gasteiger partial charge is 0.493 e. The predicted molar refractivity (Wildman–Crippen MR) is 116 cm³/mol. The summed E-state index contributed by atoms with van der Waals surface area (Å²) < 4.78 is 5.86. The van der Waals surface area contributed by atoms with Gasteiger partial charge in [-0.05, 0) is 55.9 Å². The van der Waals surface area contributed by atoms with E-state index in [2.05, 4.69) is 20.5 Å². The number of benzene rings is 1. The minimum Gasteiger partial charge on any atom is -0.493 e. The number of H-pyrrole nitrogens is 1. The number of hydrogen-bond donors (Lipinski definition) is 2. The number of anilines is 2. The number of carbonyl (C=O) groups excluding carboxylic acids is 1. The molecule has 1 amide bonds. The predicted octanol–water partition coefficient (Wildman–Crippen LogP) is 3.79. The van der Waals surface area contributed by atoms with Gasteiger partial charge in [-0.15, -0.1) is 0 Å².